The van der Waals surface area contributed by atoms with Crippen molar-refractivity contribution in [3.63, 3.8) is 0 Å². The van der Waals surface area contributed by atoms with Gasteiger partial charge in [0.1, 0.15) is 18.5 Å². The Bertz CT molecular complexity index is 779. The lowest BCUT2D eigenvalue weighted by atomic mass is 10.1. The summed E-state index contributed by atoms with van der Waals surface area (Å²) in [5.41, 5.74) is 6.60. The van der Waals surface area contributed by atoms with E-state index in [-0.39, 0.29) is 30.8 Å². The summed E-state index contributed by atoms with van der Waals surface area (Å²) in [6.07, 6.45) is 0.384. The number of anilines is 2. The zero-order valence-electron chi connectivity index (χ0n) is 13.8. The summed E-state index contributed by atoms with van der Waals surface area (Å²) in [6, 6.07) is 11.8. The van der Waals surface area contributed by atoms with Crippen molar-refractivity contribution in [3.05, 3.63) is 48.0 Å². The van der Waals surface area contributed by atoms with E-state index in [4.69, 9.17) is 15.2 Å². The Kier molecular flexibility index (Phi) is 4.83. The number of pyridine rings is 1. The average molecular weight is 341 g/mol. The van der Waals surface area contributed by atoms with Crippen LogP contribution in [0.1, 0.15) is 18.9 Å². The summed E-state index contributed by atoms with van der Waals surface area (Å²) >= 11 is 0. The van der Waals surface area contributed by atoms with Crippen LogP contribution in [0.2, 0.25) is 0 Å². The number of aromatic nitrogens is 1. The van der Waals surface area contributed by atoms with Crippen LogP contribution < -0.4 is 15.4 Å². The van der Waals surface area contributed by atoms with E-state index in [9.17, 15) is 9.59 Å². The summed E-state index contributed by atoms with van der Waals surface area (Å²) in [5, 5.41) is 0. The zero-order chi connectivity index (χ0) is 17.8. The first-order chi connectivity index (χ1) is 12.1. The lowest BCUT2D eigenvalue weighted by Gasteiger charge is -2.33. The van der Waals surface area contributed by atoms with Gasteiger partial charge in [0.15, 0.2) is 18.2 Å². The minimum absolute atomic E-state index is 0.145. The van der Waals surface area contributed by atoms with Gasteiger partial charge in [-0.1, -0.05) is 37.3 Å². The monoisotopic (exact) mass is 341 g/mol. The van der Waals surface area contributed by atoms with Gasteiger partial charge in [-0.2, -0.15) is 0 Å². The first-order valence-electron chi connectivity index (χ1n) is 8.02. The lowest BCUT2D eigenvalue weighted by molar-refractivity contribution is -0.148. The van der Waals surface area contributed by atoms with Gasteiger partial charge in [-0.05, 0) is 24.1 Å². The van der Waals surface area contributed by atoms with E-state index in [0.717, 1.165) is 5.56 Å². The molecule has 1 aromatic carbocycles. The topological polar surface area (TPSA) is 94.8 Å². The molecule has 1 aromatic heterocycles. The molecule has 0 bridgehead atoms. The van der Waals surface area contributed by atoms with Crippen molar-refractivity contribution < 1.29 is 19.1 Å². The first-order valence-corrected chi connectivity index (χ1v) is 8.02. The van der Waals surface area contributed by atoms with Crippen molar-refractivity contribution in [2.45, 2.75) is 26.0 Å². The predicted octanol–water partition coefficient (Wildman–Crippen LogP) is 1.91. The molecular weight excluding hydrogens is 322 g/mol. The van der Waals surface area contributed by atoms with Crippen LogP contribution >= 0.6 is 0 Å². The molecule has 1 unspecified atom stereocenters. The molecule has 2 aromatic rings. The fraction of sp³-hybridized carbons (Fsp3) is 0.278. The molecule has 0 saturated heterocycles. The maximum absolute atomic E-state index is 12.6. The van der Waals surface area contributed by atoms with E-state index < -0.39 is 12.0 Å². The van der Waals surface area contributed by atoms with Gasteiger partial charge in [-0.25, -0.2) is 9.78 Å². The summed E-state index contributed by atoms with van der Waals surface area (Å²) < 4.78 is 10.8. The van der Waals surface area contributed by atoms with E-state index >= 15 is 0 Å². The molecule has 1 aliphatic heterocycles. The van der Waals surface area contributed by atoms with E-state index in [2.05, 4.69) is 4.98 Å². The van der Waals surface area contributed by atoms with Crippen molar-refractivity contribution in [2.75, 3.05) is 17.2 Å². The van der Waals surface area contributed by atoms with Crippen molar-refractivity contribution in [1.82, 2.24) is 4.98 Å². The minimum atomic E-state index is -0.784. The molecular formula is C18H19N3O4. The van der Waals surface area contributed by atoms with Crippen LogP contribution in [-0.4, -0.2) is 29.5 Å². The highest BCUT2D eigenvalue weighted by Gasteiger charge is 2.37. The molecule has 0 spiro atoms. The Hall–Kier alpha value is -3.09. The van der Waals surface area contributed by atoms with Gasteiger partial charge in [-0.15, -0.1) is 0 Å². The molecule has 2 heterocycles. The third kappa shape index (κ3) is 3.55. The summed E-state index contributed by atoms with van der Waals surface area (Å²) in [4.78, 5) is 30.4. The highest BCUT2D eigenvalue weighted by molar-refractivity contribution is 6.02. The minimum Gasteiger partial charge on any atom is -0.480 e. The molecule has 130 valence electrons. The Morgan fingerprint density at radius 3 is 2.80 bits per heavy atom. The highest BCUT2D eigenvalue weighted by Crippen LogP contribution is 2.33. The van der Waals surface area contributed by atoms with Gasteiger partial charge in [0.05, 0.1) is 0 Å². The number of carbonyl (C=O) groups excluding carboxylic acids is 2. The van der Waals surface area contributed by atoms with Gasteiger partial charge in [0, 0.05) is 0 Å². The number of nitrogen functional groups attached to an aromatic ring is 1. The van der Waals surface area contributed by atoms with Crippen LogP contribution in [0.5, 0.6) is 5.75 Å². The fourth-order valence-electron chi connectivity index (χ4n) is 2.66. The number of nitrogens with two attached hydrogens (primary N) is 1. The number of fused-ring (bicyclic) bond motifs is 1. The second-order valence-corrected chi connectivity index (χ2v) is 5.63. The standard InChI is InChI=1S/C18H19N3O4/c1-2-13(18(23)25-10-12-6-4-3-5-7-12)21-16(22)11-24-14-8-9-15(19)20-17(14)21/h3-9,13H,2,10-11H2,1H3,(H2,19,20). The van der Waals surface area contributed by atoms with Crippen LogP contribution in [0.15, 0.2) is 42.5 Å². The third-order valence-corrected chi connectivity index (χ3v) is 3.90. The van der Waals surface area contributed by atoms with Gasteiger partial charge in [0.2, 0.25) is 0 Å². The largest absolute Gasteiger partial charge is 0.480 e. The number of hydrogen-bond donors (Lipinski definition) is 1. The molecule has 0 radical (unpaired) electrons. The second kappa shape index (κ2) is 7.21. The van der Waals surface area contributed by atoms with Crippen molar-refractivity contribution in [2.24, 2.45) is 0 Å². The average Bonchev–Trinajstić information content (AvgIpc) is 2.63. The van der Waals surface area contributed by atoms with Gasteiger partial charge >= 0.3 is 5.97 Å². The predicted molar refractivity (Wildman–Crippen MR) is 91.9 cm³/mol. The van der Waals surface area contributed by atoms with Gasteiger partial charge in [-0.3, -0.25) is 9.69 Å². The molecule has 1 amide bonds. The molecule has 0 fully saturated rings. The van der Waals surface area contributed by atoms with Gasteiger partial charge in [0.25, 0.3) is 5.91 Å². The van der Waals surface area contributed by atoms with Crippen LogP contribution in [0.25, 0.3) is 0 Å². The molecule has 3 rings (SSSR count). The lowest BCUT2D eigenvalue weighted by Crippen LogP contribution is -2.50. The number of carbonyl (C=O) groups is 2. The quantitative estimate of drug-likeness (QED) is 0.835. The number of ether oxygens (including phenoxy) is 2. The highest BCUT2D eigenvalue weighted by atomic mass is 16.5. The molecule has 1 atom stereocenters. The molecule has 0 aliphatic carbocycles. The van der Waals surface area contributed by atoms with E-state index in [0.29, 0.717) is 12.2 Å². The van der Waals surface area contributed by atoms with E-state index in [1.807, 2.05) is 37.3 Å². The number of esters is 1. The number of nitrogens with zero attached hydrogens (tertiary/aromatic N) is 2. The normalized spacial score (nSPS) is 14.4. The zero-order valence-corrected chi connectivity index (χ0v) is 13.8. The van der Waals surface area contributed by atoms with Gasteiger partial charge < -0.3 is 15.2 Å². The Balaban J connectivity index is 1.81. The number of hydrogen-bond acceptors (Lipinski definition) is 6. The SMILES string of the molecule is CCC(C(=O)OCc1ccccc1)N1C(=O)COc2ccc(N)nc21. The molecule has 0 saturated carbocycles. The molecule has 1 aliphatic rings. The Morgan fingerprint density at radius 2 is 2.08 bits per heavy atom. The second-order valence-electron chi connectivity index (χ2n) is 5.63. The Morgan fingerprint density at radius 1 is 1.32 bits per heavy atom. The smallest absolute Gasteiger partial charge is 0.329 e. The van der Waals surface area contributed by atoms with Crippen molar-refractivity contribution in [1.29, 1.82) is 0 Å². The van der Waals surface area contributed by atoms with Crippen LogP contribution in [0.4, 0.5) is 11.6 Å². The summed E-state index contributed by atoms with van der Waals surface area (Å²) in [5.74, 6) is 0.0725. The van der Waals surface area contributed by atoms with Crippen LogP contribution in [-0.2, 0) is 20.9 Å². The van der Waals surface area contributed by atoms with Crippen LogP contribution in [0.3, 0.4) is 0 Å². The van der Waals surface area contributed by atoms with E-state index in [1.54, 1.807) is 12.1 Å². The van der Waals surface area contributed by atoms with Crippen molar-refractivity contribution in [3.8, 4) is 5.75 Å². The summed E-state index contributed by atoms with van der Waals surface area (Å²) in [6.45, 7) is 1.80. The number of amides is 1. The molecule has 7 nitrogen and oxygen atoms in total. The Labute approximate surface area is 145 Å². The number of rotatable bonds is 5. The summed E-state index contributed by atoms with van der Waals surface area (Å²) in [7, 11) is 0. The maximum Gasteiger partial charge on any atom is 0.329 e. The molecule has 25 heavy (non-hydrogen) atoms. The fourth-order valence-corrected chi connectivity index (χ4v) is 2.66. The number of benzene rings is 1. The maximum atomic E-state index is 12.6. The van der Waals surface area contributed by atoms with E-state index in [1.165, 1.54) is 4.90 Å². The van der Waals surface area contributed by atoms with Crippen molar-refractivity contribution >= 4 is 23.5 Å². The third-order valence-electron chi connectivity index (χ3n) is 3.90. The molecule has 7 heteroatoms. The van der Waals surface area contributed by atoms with Crippen LogP contribution in [0, 0.1) is 0 Å². The molecule has 2 N–H and O–H groups in total. The first kappa shape index (κ1) is 16.8.